The lowest BCUT2D eigenvalue weighted by molar-refractivity contribution is 0.392. The second kappa shape index (κ2) is 7.63. The van der Waals surface area contributed by atoms with Crippen molar-refractivity contribution in [2.45, 2.75) is 44.8 Å². The van der Waals surface area contributed by atoms with Crippen LogP contribution in [-0.2, 0) is 20.0 Å². The molecule has 25 heavy (non-hydrogen) atoms. The fraction of sp³-hybridized carbons (Fsp3) is 0.647. The van der Waals surface area contributed by atoms with Crippen LogP contribution in [0.2, 0.25) is 0 Å². The van der Waals surface area contributed by atoms with E-state index in [0.29, 0.717) is 37.5 Å². The molecule has 2 unspecified atom stereocenters. The molecule has 0 aromatic heterocycles. The average Bonchev–Trinajstić information content (AvgIpc) is 2.73. The molecule has 1 aromatic carbocycles. The molecular weight excluding hydrogens is 360 g/mol. The van der Waals surface area contributed by atoms with Gasteiger partial charge < -0.3 is 0 Å². The molecule has 1 heterocycles. The van der Waals surface area contributed by atoms with Gasteiger partial charge in [-0.1, -0.05) is 32.9 Å². The number of rotatable bonds is 7. The van der Waals surface area contributed by atoms with Gasteiger partial charge in [0.1, 0.15) is 0 Å². The van der Waals surface area contributed by atoms with Crippen LogP contribution in [0.4, 0.5) is 5.69 Å². The molecule has 1 fully saturated rings. The predicted octanol–water partition coefficient (Wildman–Crippen LogP) is 2.61. The Morgan fingerprint density at radius 1 is 1.20 bits per heavy atom. The normalized spacial score (nSPS) is 22.2. The zero-order valence-corrected chi connectivity index (χ0v) is 16.9. The maximum Gasteiger partial charge on any atom is 0.229 e. The van der Waals surface area contributed by atoms with E-state index in [2.05, 4.69) is 4.72 Å². The Hall–Kier alpha value is -1.12. The number of anilines is 1. The van der Waals surface area contributed by atoms with Gasteiger partial charge in [0.05, 0.1) is 11.5 Å². The Morgan fingerprint density at radius 2 is 1.80 bits per heavy atom. The van der Waals surface area contributed by atoms with E-state index in [-0.39, 0.29) is 11.2 Å². The molecule has 142 valence electrons. The first kappa shape index (κ1) is 20.2. The number of nitrogens with one attached hydrogen (secondary N) is 1. The highest BCUT2D eigenvalue weighted by atomic mass is 32.2. The summed E-state index contributed by atoms with van der Waals surface area (Å²) in [6.07, 6.45) is 2.36. The van der Waals surface area contributed by atoms with Gasteiger partial charge in [0, 0.05) is 18.8 Å². The van der Waals surface area contributed by atoms with Crippen molar-refractivity contribution in [1.29, 1.82) is 0 Å². The molecule has 1 aromatic rings. The maximum atomic E-state index is 12.7. The predicted molar refractivity (Wildman–Crippen MR) is 102 cm³/mol. The van der Waals surface area contributed by atoms with E-state index in [1.807, 2.05) is 32.9 Å². The quantitative estimate of drug-likeness (QED) is 0.778. The Bertz CT molecular complexity index is 786. The summed E-state index contributed by atoms with van der Waals surface area (Å²) in [6, 6.07) is 7.12. The summed E-state index contributed by atoms with van der Waals surface area (Å²) in [7, 11) is -6.51. The highest BCUT2D eigenvalue weighted by Gasteiger charge is 2.39. The number of hydrogen-bond donors (Lipinski definition) is 1. The molecule has 1 aliphatic heterocycles. The number of sulfonamides is 2. The van der Waals surface area contributed by atoms with Crippen LogP contribution in [0.5, 0.6) is 0 Å². The highest BCUT2D eigenvalue weighted by Crippen LogP contribution is 2.32. The minimum atomic E-state index is -3.30. The van der Waals surface area contributed by atoms with Gasteiger partial charge >= 0.3 is 0 Å². The molecule has 0 spiro atoms. The van der Waals surface area contributed by atoms with Crippen LogP contribution in [0, 0.1) is 5.92 Å². The Kier molecular flexibility index (Phi) is 6.17. The van der Waals surface area contributed by atoms with E-state index >= 15 is 0 Å². The summed E-state index contributed by atoms with van der Waals surface area (Å²) < 4.78 is 51.8. The Labute approximate surface area is 151 Å². The third kappa shape index (κ3) is 5.43. The van der Waals surface area contributed by atoms with Crippen molar-refractivity contribution >= 4 is 25.7 Å². The smallest absolute Gasteiger partial charge is 0.229 e. The summed E-state index contributed by atoms with van der Waals surface area (Å²) in [5, 5.41) is -0.338. The summed E-state index contributed by atoms with van der Waals surface area (Å²) in [4.78, 5) is 0. The molecule has 0 bridgehead atoms. The zero-order valence-electron chi connectivity index (χ0n) is 15.3. The highest BCUT2D eigenvalue weighted by molar-refractivity contribution is 7.92. The average molecular weight is 389 g/mol. The van der Waals surface area contributed by atoms with Crippen LogP contribution in [0.1, 0.15) is 45.1 Å². The molecule has 1 saturated heterocycles. The second-order valence-electron chi connectivity index (χ2n) is 7.34. The van der Waals surface area contributed by atoms with Gasteiger partial charge in [0.25, 0.3) is 0 Å². The number of benzene rings is 1. The summed E-state index contributed by atoms with van der Waals surface area (Å²) in [5.41, 5.74) is 1.52. The molecular formula is C17H28N2O4S2. The first-order chi connectivity index (χ1) is 11.5. The molecule has 0 radical (unpaired) electrons. The monoisotopic (exact) mass is 388 g/mol. The van der Waals surface area contributed by atoms with Gasteiger partial charge in [-0.25, -0.2) is 21.1 Å². The fourth-order valence-corrected chi connectivity index (χ4v) is 6.03. The number of nitrogens with zero attached hydrogens (tertiary/aromatic N) is 1. The Morgan fingerprint density at radius 3 is 2.32 bits per heavy atom. The van der Waals surface area contributed by atoms with Gasteiger partial charge in [-0.15, -0.1) is 0 Å². The van der Waals surface area contributed by atoms with Crippen molar-refractivity contribution in [3.05, 3.63) is 29.8 Å². The topological polar surface area (TPSA) is 83.6 Å². The van der Waals surface area contributed by atoms with Crippen LogP contribution in [-0.4, -0.2) is 45.7 Å². The third-order valence-electron chi connectivity index (χ3n) is 4.45. The van der Waals surface area contributed by atoms with Crippen LogP contribution in [0.15, 0.2) is 24.3 Å². The SMILES string of the molecule is CC(C)CN1CCC(CC(C)c2ccc(NS(C)(=O)=O)cc2)S1(=O)=O. The van der Waals surface area contributed by atoms with Crippen LogP contribution in [0.3, 0.4) is 0 Å². The van der Waals surface area contributed by atoms with Crippen molar-refractivity contribution in [3.8, 4) is 0 Å². The summed E-state index contributed by atoms with van der Waals surface area (Å²) >= 11 is 0. The zero-order chi connectivity index (χ0) is 18.8. The van der Waals surface area contributed by atoms with Gasteiger partial charge in [0.2, 0.25) is 20.0 Å². The van der Waals surface area contributed by atoms with Crippen LogP contribution < -0.4 is 4.72 Å². The van der Waals surface area contributed by atoms with Gasteiger partial charge in [-0.3, -0.25) is 4.72 Å². The van der Waals surface area contributed by atoms with E-state index in [1.54, 1.807) is 16.4 Å². The van der Waals surface area contributed by atoms with Gasteiger partial charge in [-0.05, 0) is 42.4 Å². The molecule has 0 saturated carbocycles. The van der Waals surface area contributed by atoms with Crippen molar-refractivity contribution in [2.24, 2.45) is 5.92 Å². The van der Waals surface area contributed by atoms with E-state index in [4.69, 9.17) is 0 Å². The summed E-state index contributed by atoms with van der Waals surface area (Å²) in [6.45, 7) is 7.25. The molecule has 2 rings (SSSR count). The molecule has 0 aliphatic carbocycles. The Balaban J connectivity index is 2.03. The molecule has 6 nitrogen and oxygen atoms in total. The van der Waals surface area contributed by atoms with E-state index in [1.165, 1.54) is 0 Å². The van der Waals surface area contributed by atoms with E-state index in [0.717, 1.165) is 11.8 Å². The van der Waals surface area contributed by atoms with Crippen molar-refractivity contribution in [1.82, 2.24) is 4.31 Å². The third-order valence-corrected chi connectivity index (χ3v) is 7.38. The van der Waals surface area contributed by atoms with Crippen LogP contribution in [0.25, 0.3) is 0 Å². The second-order valence-corrected chi connectivity index (χ2v) is 11.3. The molecule has 2 atom stereocenters. The van der Waals surface area contributed by atoms with Crippen molar-refractivity contribution < 1.29 is 16.8 Å². The number of hydrogen-bond acceptors (Lipinski definition) is 4. The van der Waals surface area contributed by atoms with Crippen LogP contribution >= 0.6 is 0 Å². The maximum absolute atomic E-state index is 12.7. The first-order valence-corrected chi connectivity index (χ1v) is 11.9. The lowest BCUT2D eigenvalue weighted by Gasteiger charge is -2.21. The lowest BCUT2D eigenvalue weighted by Crippen LogP contribution is -2.32. The molecule has 0 amide bonds. The standard InChI is InChI=1S/C17H28N2O4S2/c1-13(2)12-19-10-9-17(25(19,22)23)11-14(3)15-5-7-16(8-6-15)18-24(4,20)21/h5-8,13-14,17-18H,9-12H2,1-4H3. The molecule has 1 aliphatic rings. The minimum Gasteiger partial charge on any atom is -0.284 e. The fourth-order valence-electron chi connectivity index (χ4n) is 3.24. The molecule has 8 heteroatoms. The van der Waals surface area contributed by atoms with Crippen molar-refractivity contribution in [3.63, 3.8) is 0 Å². The van der Waals surface area contributed by atoms with E-state index in [9.17, 15) is 16.8 Å². The first-order valence-electron chi connectivity index (χ1n) is 8.55. The van der Waals surface area contributed by atoms with E-state index < -0.39 is 20.0 Å². The molecule has 1 N–H and O–H groups in total. The lowest BCUT2D eigenvalue weighted by atomic mass is 9.95. The van der Waals surface area contributed by atoms with Crippen molar-refractivity contribution in [2.75, 3.05) is 24.1 Å². The minimum absolute atomic E-state index is 0.0889. The van der Waals surface area contributed by atoms with Gasteiger partial charge in [-0.2, -0.15) is 0 Å². The van der Waals surface area contributed by atoms with Gasteiger partial charge in [0.15, 0.2) is 0 Å². The largest absolute Gasteiger partial charge is 0.284 e. The summed E-state index contributed by atoms with van der Waals surface area (Å²) in [5.74, 6) is 0.409.